The molecule has 0 atom stereocenters. The van der Waals surface area contributed by atoms with Crippen LogP contribution in [-0.2, 0) is 0 Å². The van der Waals surface area contributed by atoms with Crippen molar-refractivity contribution in [2.24, 2.45) is 16.6 Å². The van der Waals surface area contributed by atoms with E-state index in [1.807, 2.05) is 0 Å². The Kier molecular flexibility index (Phi) is 7.49. The molecule has 0 aliphatic rings. The van der Waals surface area contributed by atoms with E-state index in [4.69, 9.17) is 5.73 Å². The molecule has 0 bridgehead atoms. The first-order valence-electron chi connectivity index (χ1n) is 5.33. The van der Waals surface area contributed by atoms with Gasteiger partial charge in [-0.15, -0.1) is 0 Å². The van der Waals surface area contributed by atoms with Crippen molar-refractivity contribution < 1.29 is 0 Å². The summed E-state index contributed by atoms with van der Waals surface area (Å²) in [5.74, 6) is 0. The minimum Gasteiger partial charge on any atom is -0.330 e. The number of hydrogen-bond donors (Lipinski definition) is 1. The summed E-state index contributed by atoms with van der Waals surface area (Å²) in [6.07, 6.45) is 0. The smallest absolute Gasteiger partial charge is 0.00239 e. The third kappa shape index (κ3) is 22.7. The lowest BCUT2D eigenvalue weighted by molar-refractivity contribution is 0.263. The van der Waals surface area contributed by atoms with Crippen molar-refractivity contribution in [2.75, 3.05) is 27.2 Å². The van der Waals surface area contributed by atoms with E-state index in [1.54, 1.807) is 0 Å². The van der Waals surface area contributed by atoms with E-state index in [-0.39, 0.29) is 0 Å². The van der Waals surface area contributed by atoms with Crippen LogP contribution in [-0.4, -0.2) is 32.1 Å². The standard InChI is InChI=1S/C7H17N.C5H13N/c1-7(2,3)6-8(4)5;1-5(2,3)4-6/h6H2,1-5H3;4,6H2,1-3H3. The first kappa shape index (κ1) is 16.4. The first-order valence-corrected chi connectivity index (χ1v) is 5.33. The fraction of sp³-hybridized carbons (Fsp3) is 1.00. The summed E-state index contributed by atoms with van der Waals surface area (Å²) < 4.78 is 0. The molecule has 0 fully saturated rings. The Bertz CT molecular complexity index is 126. The van der Waals surface area contributed by atoms with E-state index in [1.165, 1.54) is 0 Å². The first-order chi connectivity index (χ1) is 5.98. The second-order valence-electron chi connectivity index (χ2n) is 6.56. The second-order valence-corrected chi connectivity index (χ2v) is 6.56. The van der Waals surface area contributed by atoms with Crippen molar-refractivity contribution in [1.82, 2.24) is 4.90 Å². The van der Waals surface area contributed by atoms with Gasteiger partial charge in [0.25, 0.3) is 0 Å². The van der Waals surface area contributed by atoms with Crippen molar-refractivity contribution in [3.8, 4) is 0 Å². The largest absolute Gasteiger partial charge is 0.330 e. The predicted molar refractivity (Wildman–Crippen MR) is 66.5 cm³/mol. The van der Waals surface area contributed by atoms with E-state index in [2.05, 4.69) is 60.5 Å². The highest BCUT2D eigenvalue weighted by molar-refractivity contribution is 4.63. The Balaban J connectivity index is 0. The van der Waals surface area contributed by atoms with Gasteiger partial charge in [0.05, 0.1) is 0 Å². The van der Waals surface area contributed by atoms with Crippen LogP contribution in [0.25, 0.3) is 0 Å². The number of nitrogens with zero attached hydrogens (tertiary/aromatic N) is 1. The molecule has 2 nitrogen and oxygen atoms in total. The minimum absolute atomic E-state index is 0.319. The third-order valence-corrected chi connectivity index (χ3v) is 1.40. The van der Waals surface area contributed by atoms with E-state index < -0.39 is 0 Å². The van der Waals surface area contributed by atoms with E-state index >= 15 is 0 Å². The molecule has 0 aromatic rings. The molecule has 0 heterocycles. The Morgan fingerprint density at radius 2 is 1.14 bits per heavy atom. The maximum absolute atomic E-state index is 5.31. The van der Waals surface area contributed by atoms with Gasteiger partial charge in [0.15, 0.2) is 0 Å². The summed E-state index contributed by atoms with van der Waals surface area (Å²) in [4.78, 5) is 2.21. The van der Waals surface area contributed by atoms with Gasteiger partial charge in [-0.05, 0) is 31.5 Å². The van der Waals surface area contributed by atoms with Crippen molar-refractivity contribution in [3.63, 3.8) is 0 Å². The van der Waals surface area contributed by atoms with E-state index in [0.717, 1.165) is 13.1 Å². The molecule has 0 saturated carbocycles. The molecular formula is C12H30N2. The molecular weight excluding hydrogens is 172 g/mol. The predicted octanol–water partition coefficient (Wildman–Crippen LogP) is 2.59. The highest BCUT2D eigenvalue weighted by atomic mass is 15.1. The van der Waals surface area contributed by atoms with Crippen LogP contribution in [0.1, 0.15) is 41.5 Å². The summed E-state index contributed by atoms with van der Waals surface area (Å²) in [5.41, 5.74) is 6.07. The monoisotopic (exact) mass is 202 g/mol. The van der Waals surface area contributed by atoms with Crippen molar-refractivity contribution in [3.05, 3.63) is 0 Å². The van der Waals surface area contributed by atoms with Gasteiger partial charge < -0.3 is 10.6 Å². The zero-order chi connectivity index (χ0) is 12.0. The van der Waals surface area contributed by atoms with Gasteiger partial charge in [-0.1, -0.05) is 41.5 Å². The fourth-order valence-electron chi connectivity index (χ4n) is 0.949. The van der Waals surface area contributed by atoms with Crippen molar-refractivity contribution >= 4 is 0 Å². The maximum Gasteiger partial charge on any atom is 0.00239 e. The van der Waals surface area contributed by atoms with Gasteiger partial charge in [0.1, 0.15) is 0 Å². The van der Waals surface area contributed by atoms with Gasteiger partial charge in [0, 0.05) is 6.54 Å². The van der Waals surface area contributed by atoms with Gasteiger partial charge in [-0.3, -0.25) is 0 Å². The second kappa shape index (κ2) is 6.41. The van der Waals surface area contributed by atoms with Crippen LogP contribution < -0.4 is 5.73 Å². The van der Waals surface area contributed by atoms with Crippen LogP contribution in [0.2, 0.25) is 0 Å². The molecule has 0 aliphatic heterocycles. The Morgan fingerprint density at radius 3 is 1.14 bits per heavy atom. The summed E-state index contributed by atoms with van der Waals surface area (Å²) in [6.45, 7) is 15.0. The van der Waals surface area contributed by atoms with E-state index in [0.29, 0.717) is 10.8 Å². The lowest BCUT2D eigenvalue weighted by Gasteiger charge is -2.22. The lowest BCUT2D eigenvalue weighted by atomic mass is 9.97. The highest BCUT2D eigenvalue weighted by Crippen LogP contribution is 2.12. The molecule has 0 saturated heterocycles. The molecule has 14 heavy (non-hydrogen) atoms. The highest BCUT2D eigenvalue weighted by Gasteiger charge is 2.09. The Hall–Kier alpha value is -0.0800. The van der Waals surface area contributed by atoms with Crippen LogP contribution in [0.15, 0.2) is 0 Å². The topological polar surface area (TPSA) is 29.3 Å². The summed E-state index contributed by atoms with van der Waals surface area (Å²) >= 11 is 0. The summed E-state index contributed by atoms with van der Waals surface area (Å²) in [6, 6.07) is 0. The zero-order valence-electron chi connectivity index (χ0n) is 11.4. The molecule has 0 radical (unpaired) electrons. The van der Waals surface area contributed by atoms with Crippen LogP contribution in [0.5, 0.6) is 0 Å². The number of nitrogens with two attached hydrogens (primary N) is 1. The number of rotatable bonds is 1. The Morgan fingerprint density at radius 1 is 0.857 bits per heavy atom. The zero-order valence-corrected chi connectivity index (χ0v) is 11.4. The quantitative estimate of drug-likeness (QED) is 0.708. The molecule has 88 valence electrons. The number of hydrogen-bond acceptors (Lipinski definition) is 2. The van der Waals surface area contributed by atoms with Crippen LogP contribution in [0.3, 0.4) is 0 Å². The van der Waals surface area contributed by atoms with Gasteiger partial charge >= 0.3 is 0 Å². The maximum atomic E-state index is 5.31. The molecule has 0 amide bonds. The molecule has 0 aromatic heterocycles. The summed E-state index contributed by atoms with van der Waals surface area (Å²) in [5, 5.41) is 0. The Labute approximate surface area is 90.9 Å². The van der Waals surface area contributed by atoms with Gasteiger partial charge in [0.2, 0.25) is 0 Å². The van der Waals surface area contributed by atoms with Gasteiger partial charge in [-0.2, -0.15) is 0 Å². The average molecular weight is 202 g/mol. The van der Waals surface area contributed by atoms with Crippen LogP contribution >= 0.6 is 0 Å². The van der Waals surface area contributed by atoms with E-state index in [9.17, 15) is 0 Å². The normalized spacial score (nSPS) is 12.4. The molecule has 0 unspecified atom stereocenters. The average Bonchev–Trinajstić information content (AvgIpc) is 1.81. The SMILES string of the molecule is CC(C)(C)CN.CN(C)CC(C)(C)C. The van der Waals surface area contributed by atoms with Gasteiger partial charge in [-0.25, -0.2) is 0 Å². The summed E-state index contributed by atoms with van der Waals surface area (Å²) in [7, 11) is 4.20. The van der Waals surface area contributed by atoms with Crippen molar-refractivity contribution in [2.45, 2.75) is 41.5 Å². The van der Waals surface area contributed by atoms with Crippen molar-refractivity contribution in [1.29, 1.82) is 0 Å². The third-order valence-electron chi connectivity index (χ3n) is 1.40. The fourth-order valence-corrected chi connectivity index (χ4v) is 0.949. The molecule has 0 spiro atoms. The molecule has 0 rings (SSSR count). The minimum atomic E-state index is 0.319. The molecule has 0 aromatic carbocycles. The lowest BCUT2D eigenvalue weighted by Crippen LogP contribution is -2.25. The molecule has 2 heteroatoms. The van der Waals surface area contributed by atoms with Crippen LogP contribution in [0, 0.1) is 10.8 Å². The van der Waals surface area contributed by atoms with Crippen LogP contribution in [0.4, 0.5) is 0 Å². The molecule has 0 aliphatic carbocycles. The molecule has 2 N–H and O–H groups in total.